The van der Waals surface area contributed by atoms with E-state index < -0.39 is 0 Å². The molecule has 3 rings (SSSR count). The minimum atomic E-state index is -0.0701. The summed E-state index contributed by atoms with van der Waals surface area (Å²) in [6, 6.07) is 8.81. The molecule has 0 spiro atoms. The lowest BCUT2D eigenvalue weighted by Gasteiger charge is -2.13. The third-order valence-corrected chi connectivity index (χ3v) is 3.75. The van der Waals surface area contributed by atoms with Crippen molar-refractivity contribution in [2.24, 2.45) is 0 Å². The van der Waals surface area contributed by atoms with Gasteiger partial charge in [0.1, 0.15) is 6.54 Å². The zero-order chi connectivity index (χ0) is 14.7. The van der Waals surface area contributed by atoms with Crippen molar-refractivity contribution in [3.8, 4) is 0 Å². The van der Waals surface area contributed by atoms with Gasteiger partial charge in [0, 0.05) is 30.8 Å². The van der Waals surface area contributed by atoms with Gasteiger partial charge >= 0.3 is 0 Å². The molecular weight excluding hydrogens is 268 g/mol. The van der Waals surface area contributed by atoms with Gasteiger partial charge in [-0.05, 0) is 25.0 Å². The Kier molecular flexibility index (Phi) is 4.01. The van der Waals surface area contributed by atoms with Crippen LogP contribution in [0.4, 0.5) is 0 Å². The third-order valence-electron chi connectivity index (χ3n) is 3.75. The summed E-state index contributed by atoms with van der Waals surface area (Å²) in [6.07, 6.45) is 3.86. The zero-order valence-electron chi connectivity index (χ0n) is 11.7. The van der Waals surface area contributed by atoms with Gasteiger partial charge in [-0.1, -0.05) is 12.1 Å². The van der Waals surface area contributed by atoms with Crippen LogP contribution in [0.5, 0.6) is 0 Å². The van der Waals surface area contributed by atoms with Gasteiger partial charge in [0.15, 0.2) is 5.43 Å². The largest absolute Gasteiger partial charge is 0.376 e. The number of ether oxygens (including phenoxy) is 1. The Morgan fingerprint density at radius 1 is 1.33 bits per heavy atom. The number of carbonyl (C=O) groups is 1. The van der Waals surface area contributed by atoms with Crippen LogP contribution in [-0.2, 0) is 16.1 Å². The highest BCUT2D eigenvalue weighted by atomic mass is 16.5. The van der Waals surface area contributed by atoms with Crippen LogP contribution in [0.2, 0.25) is 0 Å². The van der Waals surface area contributed by atoms with Crippen LogP contribution in [0, 0.1) is 0 Å². The number of hydrogen-bond acceptors (Lipinski definition) is 3. The second-order valence-corrected chi connectivity index (χ2v) is 5.26. The number of benzene rings is 1. The second-order valence-electron chi connectivity index (χ2n) is 5.26. The van der Waals surface area contributed by atoms with E-state index >= 15 is 0 Å². The van der Waals surface area contributed by atoms with E-state index in [-0.39, 0.29) is 24.0 Å². The monoisotopic (exact) mass is 286 g/mol. The van der Waals surface area contributed by atoms with E-state index in [2.05, 4.69) is 5.32 Å². The lowest BCUT2D eigenvalue weighted by atomic mass is 10.2. The number of hydrogen-bond donors (Lipinski definition) is 1. The lowest BCUT2D eigenvalue weighted by molar-refractivity contribution is -0.122. The molecule has 0 unspecified atom stereocenters. The van der Waals surface area contributed by atoms with Gasteiger partial charge in [0.05, 0.1) is 11.6 Å². The first-order valence-corrected chi connectivity index (χ1v) is 7.20. The van der Waals surface area contributed by atoms with E-state index in [4.69, 9.17) is 4.74 Å². The SMILES string of the molecule is O=C(Cn1ccc(=O)c2ccccc21)NC[C@H]1CCCO1. The number of carbonyl (C=O) groups excluding carboxylic acids is 1. The molecule has 1 atom stereocenters. The molecule has 1 fully saturated rings. The Bertz CT molecular complexity index is 702. The quantitative estimate of drug-likeness (QED) is 0.921. The molecule has 1 aliphatic rings. The molecule has 1 saturated heterocycles. The molecule has 1 amide bonds. The van der Waals surface area contributed by atoms with Gasteiger partial charge in [0.2, 0.25) is 5.91 Å². The van der Waals surface area contributed by atoms with Gasteiger partial charge in [-0.3, -0.25) is 9.59 Å². The lowest BCUT2D eigenvalue weighted by Crippen LogP contribution is -2.34. The summed E-state index contributed by atoms with van der Waals surface area (Å²) in [6.45, 7) is 1.54. The first-order valence-electron chi connectivity index (χ1n) is 7.20. The molecule has 1 N–H and O–H groups in total. The van der Waals surface area contributed by atoms with Crippen LogP contribution < -0.4 is 10.7 Å². The number of nitrogens with zero attached hydrogens (tertiary/aromatic N) is 1. The van der Waals surface area contributed by atoms with E-state index in [1.54, 1.807) is 16.8 Å². The summed E-state index contributed by atoms with van der Waals surface area (Å²) < 4.78 is 7.27. The predicted molar refractivity (Wildman–Crippen MR) is 80.2 cm³/mol. The van der Waals surface area contributed by atoms with Gasteiger partial charge < -0.3 is 14.6 Å². The first kappa shape index (κ1) is 13.8. The van der Waals surface area contributed by atoms with E-state index in [1.165, 1.54) is 6.07 Å². The average Bonchev–Trinajstić information content (AvgIpc) is 3.02. The van der Waals surface area contributed by atoms with Crippen LogP contribution in [0.3, 0.4) is 0 Å². The molecule has 1 aromatic carbocycles. The molecular formula is C16H18N2O3. The Morgan fingerprint density at radius 3 is 3.00 bits per heavy atom. The standard InChI is InChI=1S/C16H18N2O3/c19-15-7-8-18(14-6-2-1-5-13(14)15)11-16(20)17-10-12-4-3-9-21-12/h1-2,5-8,12H,3-4,9-11H2,(H,17,20)/t12-/m1/s1. The summed E-state index contributed by atoms with van der Waals surface area (Å²) >= 11 is 0. The summed E-state index contributed by atoms with van der Waals surface area (Å²) in [7, 11) is 0. The van der Waals surface area contributed by atoms with Crippen molar-refractivity contribution in [2.75, 3.05) is 13.2 Å². The molecule has 0 bridgehead atoms. The number of aromatic nitrogens is 1. The molecule has 2 heterocycles. The van der Waals surface area contributed by atoms with Crippen molar-refractivity contribution in [1.82, 2.24) is 9.88 Å². The Morgan fingerprint density at radius 2 is 2.19 bits per heavy atom. The van der Waals surface area contributed by atoms with E-state index in [1.807, 2.05) is 18.2 Å². The highest BCUT2D eigenvalue weighted by Gasteiger charge is 2.16. The Labute approximate surface area is 122 Å². The fourth-order valence-electron chi connectivity index (χ4n) is 2.64. The molecule has 21 heavy (non-hydrogen) atoms. The van der Waals surface area contributed by atoms with E-state index in [0.717, 1.165) is 25.0 Å². The number of fused-ring (bicyclic) bond motifs is 1. The normalized spacial score (nSPS) is 18.0. The van der Waals surface area contributed by atoms with Gasteiger partial charge in [0.25, 0.3) is 0 Å². The molecule has 1 aromatic heterocycles. The van der Waals surface area contributed by atoms with Crippen LogP contribution in [0.25, 0.3) is 10.9 Å². The maximum atomic E-state index is 12.0. The van der Waals surface area contributed by atoms with Crippen molar-refractivity contribution in [3.63, 3.8) is 0 Å². The number of rotatable bonds is 4. The summed E-state index contributed by atoms with van der Waals surface area (Å²) in [4.78, 5) is 23.8. The number of amides is 1. The minimum absolute atomic E-state index is 0.0263. The summed E-state index contributed by atoms with van der Waals surface area (Å²) in [5.41, 5.74) is 0.749. The van der Waals surface area contributed by atoms with Gasteiger partial charge in [-0.25, -0.2) is 0 Å². The molecule has 110 valence electrons. The number of pyridine rings is 1. The first-order chi connectivity index (χ1) is 10.2. The Balaban J connectivity index is 1.71. The van der Waals surface area contributed by atoms with Crippen molar-refractivity contribution in [3.05, 3.63) is 46.8 Å². The fraction of sp³-hybridized carbons (Fsp3) is 0.375. The van der Waals surface area contributed by atoms with Crippen molar-refractivity contribution < 1.29 is 9.53 Å². The maximum absolute atomic E-state index is 12.0. The van der Waals surface area contributed by atoms with Crippen LogP contribution in [0.1, 0.15) is 12.8 Å². The molecule has 0 radical (unpaired) electrons. The maximum Gasteiger partial charge on any atom is 0.240 e. The number of para-hydroxylation sites is 1. The summed E-state index contributed by atoms with van der Waals surface area (Å²) in [5, 5.41) is 3.52. The number of nitrogens with one attached hydrogen (secondary N) is 1. The van der Waals surface area contributed by atoms with Crippen molar-refractivity contribution >= 4 is 16.8 Å². The molecule has 0 saturated carbocycles. The van der Waals surface area contributed by atoms with Gasteiger partial charge in [-0.2, -0.15) is 0 Å². The minimum Gasteiger partial charge on any atom is -0.376 e. The predicted octanol–water partition coefficient (Wildman–Crippen LogP) is 1.30. The fourth-order valence-corrected chi connectivity index (χ4v) is 2.64. The highest BCUT2D eigenvalue weighted by Crippen LogP contribution is 2.11. The molecule has 0 aliphatic carbocycles. The van der Waals surface area contributed by atoms with Crippen LogP contribution in [-0.4, -0.2) is 29.7 Å². The zero-order valence-corrected chi connectivity index (χ0v) is 11.7. The Hall–Kier alpha value is -2.14. The van der Waals surface area contributed by atoms with Crippen LogP contribution >= 0.6 is 0 Å². The second kappa shape index (κ2) is 6.10. The highest BCUT2D eigenvalue weighted by molar-refractivity contribution is 5.82. The van der Waals surface area contributed by atoms with Crippen molar-refractivity contribution in [2.45, 2.75) is 25.5 Å². The smallest absolute Gasteiger partial charge is 0.240 e. The van der Waals surface area contributed by atoms with Gasteiger partial charge in [-0.15, -0.1) is 0 Å². The molecule has 2 aromatic rings. The topological polar surface area (TPSA) is 60.3 Å². The van der Waals surface area contributed by atoms with Crippen LogP contribution in [0.15, 0.2) is 41.3 Å². The van der Waals surface area contributed by atoms with E-state index in [9.17, 15) is 9.59 Å². The summed E-state index contributed by atoms with van der Waals surface area (Å²) in [5.74, 6) is -0.0701. The average molecular weight is 286 g/mol. The van der Waals surface area contributed by atoms with E-state index in [0.29, 0.717) is 11.9 Å². The van der Waals surface area contributed by atoms with Crippen molar-refractivity contribution in [1.29, 1.82) is 0 Å². The molecule has 5 nitrogen and oxygen atoms in total. The third kappa shape index (κ3) is 3.13. The molecule has 1 aliphatic heterocycles. The molecule has 5 heteroatoms.